The van der Waals surface area contributed by atoms with E-state index in [4.69, 9.17) is 4.98 Å². The van der Waals surface area contributed by atoms with Gasteiger partial charge in [0.1, 0.15) is 0 Å². The van der Waals surface area contributed by atoms with Gasteiger partial charge in [0.05, 0.1) is 5.69 Å². The van der Waals surface area contributed by atoms with Gasteiger partial charge in [0.15, 0.2) is 0 Å². The number of hydrogen-bond acceptors (Lipinski definition) is 1. The molecule has 0 radical (unpaired) electrons. The number of rotatable bonds is 3. The van der Waals surface area contributed by atoms with Gasteiger partial charge in [-0.1, -0.05) is 97.1 Å². The molecule has 0 aliphatic carbocycles. The number of halogens is 1. The van der Waals surface area contributed by atoms with E-state index in [1.54, 1.807) is 0 Å². The summed E-state index contributed by atoms with van der Waals surface area (Å²) in [6.45, 7) is 0. The lowest BCUT2D eigenvalue weighted by Crippen LogP contribution is -1.92. The molecule has 0 aliphatic rings. The summed E-state index contributed by atoms with van der Waals surface area (Å²) in [4.78, 5) is 4.94. The molecule has 6 aromatic rings. The van der Waals surface area contributed by atoms with Crippen LogP contribution in [0, 0.1) is 3.57 Å². The molecule has 2 heteroatoms. The van der Waals surface area contributed by atoms with Gasteiger partial charge in [0.25, 0.3) is 0 Å². The predicted octanol–water partition coefficient (Wildman–Crippen LogP) is 8.99. The van der Waals surface area contributed by atoms with Crippen LogP contribution >= 0.6 is 22.6 Å². The van der Waals surface area contributed by atoms with Gasteiger partial charge in [0, 0.05) is 20.9 Å². The number of nitrogens with zero attached hydrogens (tertiary/aromatic N) is 1. The summed E-state index contributed by atoms with van der Waals surface area (Å²) in [6.07, 6.45) is 1.99. The Hall–Kier alpha value is -3.50. The van der Waals surface area contributed by atoms with Gasteiger partial charge in [-0.2, -0.15) is 0 Å². The van der Waals surface area contributed by atoms with Crippen LogP contribution < -0.4 is 0 Å². The predicted molar refractivity (Wildman–Crippen MR) is 148 cm³/mol. The highest BCUT2D eigenvalue weighted by molar-refractivity contribution is 14.1. The molecule has 33 heavy (non-hydrogen) atoms. The quantitative estimate of drug-likeness (QED) is 0.163. The first kappa shape index (κ1) is 20.1. The minimum absolute atomic E-state index is 0.997. The summed E-state index contributed by atoms with van der Waals surface area (Å²) in [5.41, 5.74) is 7.01. The molecule has 0 saturated carbocycles. The van der Waals surface area contributed by atoms with E-state index in [9.17, 15) is 0 Å². The highest BCUT2D eigenvalue weighted by Gasteiger charge is 2.17. The summed E-state index contributed by atoms with van der Waals surface area (Å²) < 4.78 is 1.24. The van der Waals surface area contributed by atoms with Gasteiger partial charge >= 0.3 is 0 Å². The molecule has 156 valence electrons. The van der Waals surface area contributed by atoms with E-state index < -0.39 is 0 Å². The van der Waals surface area contributed by atoms with E-state index in [0.29, 0.717) is 0 Å². The first-order valence-electron chi connectivity index (χ1n) is 11.0. The van der Waals surface area contributed by atoms with Crippen LogP contribution in [0.25, 0.3) is 55.1 Å². The van der Waals surface area contributed by atoms with Crippen molar-refractivity contribution in [3.63, 3.8) is 0 Å². The van der Waals surface area contributed by atoms with Crippen LogP contribution in [-0.4, -0.2) is 4.98 Å². The van der Waals surface area contributed by atoms with E-state index in [-0.39, 0.29) is 0 Å². The number of aromatic nitrogens is 1. The van der Waals surface area contributed by atoms with Gasteiger partial charge in [-0.3, -0.25) is 4.98 Å². The Labute approximate surface area is 206 Å². The Morgan fingerprint density at radius 3 is 1.48 bits per heavy atom. The van der Waals surface area contributed by atoms with Crippen LogP contribution in [0.1, 0.15) is 0 Å². The van der Waals surface area contributed by atoms with Crippen LogP contribution in [0.2, 0.25) is 0 Å². The SMILES string of the molecule is Ic1ccc(-c2c3ccccc3c(-c3ccc(-c4ccccc4)cn3)c3ccccc23)cc1. The maximum Gasteiger partial charge on any atom is 0.0714 e. The third-order valence-corrected chi connectivity index (χ3v) is 6.91. The van der Waals surface area contributed by atoms with Crippen LogP contribution in [0.4, 0.5) is 0 Å². The third kappa shape index (κ3) is 3.61. The maximum atomic E-state index is 4.94. The van der Waals surface area contributed by atoms with E-state index in [0.717, 1.165) is 11.3 Å². The van der Waals surface area contributed by atoms with Crippen LogP contribution in [0.15, 0.2) is 121 Å². The monoisotopic (exact) mass is 533 g/mol. The fraction of sp³-hybridized carbons (Fsp3) is 0. The molecule has 5 aromatic carbocycles. The van der Waals surface area contributed by atoms with Gasteiger partial charge < -0.3 is 0 Å². The van der Waals surface area contributed by atoms with Gasteiger partial charge in [0.2, 0.25) is 0 Å². The molecule has 0 amide bonds. The molecule has 0 bridgehead atoms. The minimum atomic E-state index is 0.997. The lowest BCUT2D eigenvalue weighted by atomic mass is 9.87. The normalized spacial score (nSPS) is 11.2. The standard InChI is InChI=1S/C31H20IN/c32-24-17-14-22(15-18-24)30-25-10-4-6-12-27(25)31(28-13-7-5-11-26(28)30)29-19-16-23(20-33-29)21-8-2-1-3-9-21/h1-20H. The third-order valence-electron chi connectivity index (χ3n) is 6.19. The molecule has 1 heterocycles. The Balaban J connectivity index is 1.64. The zero-order chi connectivity index (χ0) is 22.2. The van der Waals surface area contributed by atoms with E-state index >= 15 is 0 Å². The van der Waals surface area contributed by atoms with Gasteiger partial charge in [-0.05, 0) is 79.0 Å². The summed E-state index contributed by atoms with van der Waals surface area (Å²) in [7, 11) is 0. The largest absolute Gasteiger partial charge is 0.256 e. The topological polar surface area (TPSA) is 12.9 Å². The lowest BCUT2D eigenvalue weighted by molar-refractivity contribution is 1.34. The van der Waals surface area contributed by atoms with Crippen LogP contribution in [0.5, 0.6) is 0 Å². The van der Waals surface area contributed by atoms with E-state index in [1.165, 1.54) is 47.4 Å². The van der Waals surface area contributed by atoms with Crippen molar-refractivity contribution >= 4 is 44.1 Å². The zero-order valence-electron chi connectivity index (χ0n) is 17.9. The molecule has 0 saturated heterocycles. The van der Waals surface area contributed by atoms with Gasteiger partial charge in [-0.25, -0.2) is 0 Å². The average Bonchev–Trinajstić information content (AvgIpc) is 2.88. The maximum absolute atomic E-state index is 4.94. The Morgan fingerprint density at radius 2 is 0.939 bits per heavy atom. The molecule has 0 spiro atoms. The Bertz CT molecular complexity index is 1530. The molecule has 6 rings (SSSR count). The van der Waals surface area contributed by atoms with Crippen molar-refractivity contribution in [3.05, 3.63) is 125 Å². The summed E-state index contributed by atoms with van der Waals surface area (Å²) in [6, 6.07) is 41.0. The zero-order valence-corrected chi connectivity index (χ0v) is 20.0. The smallest absolute Gasteiger partial charge is 0.0714 e. The highest BCUT2D eigenvalue weighted by atomic mass is 127. The summed E-state index contributed by atoms with van der Waals surface area (Å²) in [5, 5.41) is 4.96. The van der Waals surface area contributed by atoms with Crippen molar-refractivity contribution in [2.45, 2.75) is 0 Å². The highest BCUT2D eigenvalue weighted by Crippen LogP contribution is 2.43. The van der Waals surface area contributed by atoms with Crippen molar-refractivity contribution in [3.8, 4) is 33.5 Å². The van der Waals surface area contributed by atoms with Crippen molar-refractivity contribution < 1.29 is 0 Å². The number of fused-ring (bicyclic) bond motifs is 2. The molecule has 1 aromatic heterocycles. The molecule has 0 unspecified atom stereocenters. The first-order chi connectivity index (χ1) is 16.3. The molecule has 0 fully saturated rings. The number of pyridine rings is 1. The minimum Gasteiger partial charge on any atom is -0.256 e. The molecule has 0 N–H and O–H groups in total. The molecular formula is C31H20IN. The van der Waals surface area contributed by atoms with E-state index in [1.807, 2.05) is 12.3 Å². The summed E-state index contributed by atoms with van der Waals surface area (Å²) in [5.74, 6) is 0. The molecule has 0 atom stereocenters. The van der Waals surface area contributed by atoms with Crippen molar-refractivity contribution in [1.82, 2.24) is 4.98 Å². The van der Waals surface area contributed by atoms with Crippen molar-refractivity contribution in [1.29, 1.82) is 0 Å². The second-order valence-corrected chi connectivity index (χ2v) is 9.39. The van der Waals surface area contributed by atoms with Crippen molar-refractivity contribution in [2.24, 2.45) is 0 Å². The fourth-order valence-electron chi connectivity index (χ4n) is 4.68. The Morgan fingerprint density at radius 1 is 0.424 bits per heavy atom. The summed E-state index contributed by atoms with van der Waals surface area (Å²) >= 11 is 2.36. The molecule has 1 nitrogen and oxygen atoms in total. The second kappa shape index (κ2) is 8.45. The first-order valence-corrected chi connectivity index (χ1v) is 12.1. The average molecular weight is 533 g/mol. The second-order valence-electron chi connectivity index (χ2n) is 8.15. The van der Waals surface area contributed by atoms with Crippen LogP contribution in [0.3, 0.4) is 0 Å². The van der Waals surface area contributed by atoms with Crippen molar-refractivity contribution in [2.75, 3.05) is 0 Å². The van der Waals surface area contributed by atoms with E-state index in [2.05, 4.69) is 132 Å². The number of hydrogen-bond donors (Lipinski definition) is 0. The lowest BCUT2D eigenvalue weighted by Gasteiger charge is -2.17. The Kier molecular flexibility index (Phi) is 5.16. The molecule has 0 aliphatic heterocycles. The van der Waals surface area contributed by atoms with Crippen LogP contribution in [-0.2, 0) is 0 Å². The number of benzene rings is 5. The fourth-order valence-corrected chi connectivity index (χ4v) is 5.03. The van der Waals surface area contributed by atoms with Gasteiger partial charge in [-0.15, -0.1) is 0 Å². The molecular weight excluding hydrogens is 513 g/mol.